The van der Waals surface area contributed by atoms with Gasteiger partial charge in [0.05, 0.1) is 11.1 Å². The maximum atomic E-state index is 13.2. The van der Waals surface area contributed by atoms with E-state index in [1.54, 1.807) is 12.1 Å². The third kappa shape index (κ3) is 4.11. The van der Waals surface area contributed by atoms with Gasteiger partial charge in [-0.15, -0.1) is 0 Å². The molecule has 1 fully saturated rings. The minimum absolute atomic E-state index is 0.0873. The Morgan fingerprint density at radius 2 is 1.41 bits per heavy atom. The molecule has 2 aromatic rings. The molecule has 0 spiro atoms. The van der Waals surface area contributed by atoms with E-state index >= 15 is 0 Å². The van der Waals surface area contributed by atoms with Crippen molar-refractivity contribution in [3.05, 3.63) is 69.6 Å². The Kier molecular flexibility index (Phi) is 4.83. The Labute approximate surface area is 163 Å². The number of rotatable bonds is 2. The van der Waals surface area contributed by atoms with Crippen LogP contribution < -0.4 is 10.4 Å². The van der Waals surface area contributed by atoms with E-state index in [9.17, 15) is 26.3 Å². The Balaban J connectivity index is 1.86. The summed E-state index contributed by atoms with van der Waals surface area (Å²) in [5.74, 6) is 0.473. The SMILES string of the molecule is FC(F)(F)c1cc(-c2cccc3c2=CC(=CC2CCCC2)C=3)cc(C(F)(F)F)c1. The second-order valence-corrected chi connectivity index (χ2v) is 7.60. The average molecular weight is 408 g/mol. The standard InChI is InChI=1S/C23H18F6/c24-22(25,26)18-11-17(12-19(13-18)23(27,28)29)20-7-3-6-16-9-15(10-21(16)20)8-14-4-1-2-5-14/h3,6-14H,1-2,4-5H2. The van der Waals surface area contributed by atoms with Gasteiger partial charge in [-0.3, -0.25) is 0 Å². The number of hydrogen-bond acceptors (Lipinski definition) is 0. The predicted octanol–water partition coefficient (Wildman–Crippen LogP) is 6.08. The monoisotopic (exact) mass is 408 g/mol. The van der Waals surface area contributed by atoms with Crippen molar-refractivity contribution in [2.45, 2.75) is 38.0 Å². The molecule has 6 heteroatoms. The van der Waals surface area contributed by atoms with Gasteiger partial charge in [-0.1, -0.05) is 37.1 Å². The first-order chi connectivity index (χ1) is 13.6. The molecule has 0 amide bonds. The zero-order valence-corrected chi connectivity index (χ0v) is 15.4. The minimum atomic E-state index is -4.86. The van der Waals surface area contributed by atoms with Crippen LogP contribution in [0.4, 0.5) is 26.3 Å². The van der Waals surface area contributed by atoms with E-state index in [1.165, 1.54) is 12.8 Å². The summed E-state index contributed by atoms with van der Waals surface area (Å²) in [5, 5.41) is 1.46. The fraction of sp³-hybridized carbons (Fsp3) is 0.304. The van der Waals surface area contributed by atoms with Crippen LogP contribution in [0.2, 0.25) is 0 Å². The van der Waals surface area contributed by atoms with E-state index in [4.69, 9.17) is 0 Å². The molecular formula is C23H18F6. The molecule has 0 radical (unpaired) electrons. The third-order valence-electron chi connectivity index (χ3n) is 5.50. The molecule has 152 valence electrons. The van der Waals surface area contributed by atoms with Crippen molar-refractivity contribution in [3.8, 4) is 11.1 Å². The average Bonchev–Trinajstić information content (AvgIpc) is 3.28. The van der Waals surface area contributed by atoms with Gasteiger partial charge < -0.3 is 0 Å². The van der Waals surface area contributed by atoms with Gasteiger partial charge in [0.15, 0.2) is 0 Å². The molecule has 0 saturated heterocycles. The molecule has 1 saturated carbocycles. The molecular weight excluding hydrogens is 390 g/mol. The number of hydrogen-bond donors (Lipinski definition) is 0. The van der Waals surface area contributed by atoms with Gasteiger partial charge in [0.1, 0.15) is 0 Å². The van der Waals surface area contributed by atoms with E-state index in [2.05, 4.69) is 6.08 Å². The van der Waals surface area contributed by atoms with Crippen molar-refractivity contribution in [1.82, 2.24) is 0 Å². The molecule has 0 aliphatic heterocycles. The van der Waals surface area contributed by atoms with Gasteiger partial charge in [0.2, 0.25) is 0 Å². The lowest BCUT2D eigenvalue weighted by Gasteiger charge is -2.14. The summed E-state index contributed by atoms with van der Waals surface area (Å²) in [6, 6.07) is 6.79. The number of alkyl halides is 6. The molecule has 2 aromatic carbocycles. The third-order valence-corrected chi connectivity index (χ3v) is 5.50. The molecule has 0 heterocycles. The lowest BCUT2D eigenvalue weighted by Crippen LogP contribution is -2.23. The van der Waals surface area contributed by atoms with E-state index in [0.29, 0.717) is 16.7 Å². The topological polar surface area (TPSA) is 0 Å². The summed E-state index contributed by atoms with van der Waals surface area (Å²) in [6.07, 6.45) is 0.798. The van der Waals surface area contributed by atoms with Crippen LogP contribution in [0.25, 0.3) is 23.3 Å². The highest BCUT2D eigenvalue weighted by molar-refractivity contribution is 5.78. The van der Waals surface area contributed by atoms with Crippen LogP contribution in [0, 0.1) is 5.92 Å². The van der Waals surface area contributed by atoms with E-state index in [1.807, 2.05) is 18.2 Å². The fourth-order valence-corrected chi connectivity index (χ4v) is 4.11. The molecule has 0 N–H and O–H groups in total. The van der Waals surface area contributed by atoms with Gasteiger partial charge in [-0.2, -0.15) is 26.3 Å². The maximum absolute atomic E-state index is 13.2. The van der Waals surface area contributed by atoms with Crippen molar-refractivity contribution < 1.29 is 26.3 Å². The van der Waals surface area contributed by atoms with Crippen LogP contribution in [-0.4, -0.2) is 0 Å². The zero-order chi connectivity index (χ0) is 20.8. The van der Waals surface area contributed by atoms with Crippen LogP contribution in [0.5, 0.6) is 0 Å². The van der Waals surface area contributed by atoms with E-state index in [-0.39, 0.29) is 11.6 Å². The Bertz CT molecular complexity index is 1050. The number of halogens is 6. The summed E-state index contributed by atoms with van der Waals surface area (Å²) in [4.78, 5) is 0. The Morgan fingerprint density at radius 1 is 0.793 bits per heavy atom. The van der Waals surface area contributed by atoms with Crippen LogP contribution in [-0.2, 0) is 12.4 Å². The Hall–Kier alpha value is -2.50. The van der Waals surface area contributed by atoms with Crippen molar-refractivity contribution in [2.24, 2.45) is 5.92 Å². The van der Waals surface area contributed by atoms with Gasteiger partial charge in [-0.05, 0) is 76.2 Å². The summed E-state index contributed by atoms with van der Waals surface area (Å²) in [5.41, 5.74) is -1.37. The van der Waals surface area contributed by atoms with Crippen LogP contribution >= 0.6 is 0 Å². The van der Waals surface area contributed by atoms with Crippen LogP contribution in [0.15, 0.2) is 48.0 Å². The highest BCUT2D eigenvalue weighted by Crippen LogP contribution is 2.38. The maximum Gasteiger partial charge on any atom is 0.416 e. The van der Waals surface area contributed by atoms with Crippen LogP contribution in [0.1, 0.15) is 36.8 Å². The quantitative estimate of drug-likeness (QED) is 0.528. The van der Waals surface area contributed by atoms with Gasteiger partial charge in [-0.25, -0.2) is 0 Å². The van der Waals surface area contributed by atoms with Gasteiger partial charge in [0, 0.05) is 0 Å². The molecule has 29 heavy (non-hydrogen) atoms. The second-order valence-electron chi connectivity index (χ2n) is 7.60. The summed E-state index contributed by atoms with van der Waals surface area (Å²) >= 11 is 0. The lowest BCUT2D eigenvalue weighted by molar-refractivity contribution is -0.143. The zero-order valence-electron chi connectivity index (χ0n) is 15.4. The minimum Gasteiger partial charge on any atom is -0.166 e. The van der Waals surface area contributed by atoms with E-state index < -0.39 is 23.5 Å². The summed E-state index contributed by atoms with van der Waals surface area (Å²) < 4.78 is 79.3. The molecule has 2 aliphatic carbocycles. The molecule has 0 aromatic heterocycles. The first kappa shape index (κ1) is 19.8. The highest BCUT2D eigenvalue weighted by Gasteiger charge is 2.37. The Morgan fingerprint density at radius 3 is 2.00 bits per heavy atom. The molecule has 0 bridgehead atoms. The molecule has 0 unspecified atom stereocenters. The largest absolute Gasteiger partial charge is 0.416 e. The highest BCUT2D eigenvalue weighted by atomic mass is 19.4. The summed E-state index contributed by atoms with van der Waals surface area (Å²) in [6.45, 7) is 0. The number of fused-ring (bicyclic) bond motifs is 1. The van der Waals surface area contributed by atoms with Crippen molar-refractivity contribution >= 4 is 12.2 Å². The molecule has 0 nitrogen and oxygen atoms in total. The van der Waals surface area contributed by atoms with E-state index in [0.717, 1.165) is 35.8 Å². The first-order valence-corrected chi connectivity index (χ1v) is 9.45. The van der Waals surface area contributed by atoms with Crippen LogP contribution in [0.3, 0.4) is 0 Å². The smallest absolute Gasteiger partial charge is 0.166 e. The predicted molar refractivity (Wildman–Crippen MR) is 100 cm³/mol. The second kappa shape index (κ2) is 7.08. The van der Waals surface area contributed by atoms with Crippen molar-refractivity contribution in [1.29, 1.82) is 0 Å². The number of benzene rings is 2. The molecule has 0 atom stereocenters. The van der Waals surface area contributed by atoms with Crippen molar-refractivity contribution in [2.75, 3.05) is 0 Å². The summed E-state index contributed by atoms with van der Waals surface area (Å²) in [7, 11) is 0. The van der Waals surface area contributed by atoms with Gasteiger partial charge in [0.25, 0.3) is 0 Å². The lowest BCUT2D eigenvalue weighted by atomic mass is 9.97. The van der Waals surface area contributed by atoms with Crippen molar-refractivity contribution in [3.63, 3.8) is 0 Å². The first-order valence-electron chi connectivity index (χ1n) is 9.45. The normalized spacial score (nSPS) is 18.6. The molecule has 2 aliphatic rings. The fourth-order valence-electron chi connectivity index (χ4n) is 4.11. The van der Waals surface area contributed by atoms with Gasteiger partial charge >= 0.3 is 12.4 Å². The molecule has 4 rings (SSSR count). The number of allylic oxidation sites excluding steroid dienone is 2.